The zero-order valence-electron chi connectivity index (χ0n) is 6.06. The average molecular weight is 163 g/mol. The third-order valence-electron chi connectivity index (χ3n) is 1.92. The van der Waals surface area contributed by atoms with Gasteiger partial charge >= 0.3 is 0 Å². The zero-order valence-corrected chi connectivity index (χ0v) is 6.06. The number of rotatable bonds is 1. The van der Waals surface area contributed by atoms with E-state index in [-0.39, 0.29) is 12.5 Å². The van der Waals surface area contributed by atoms with Crippen LogP contribution in [0.25, 0.3) is 0 Å². The highest BCUT2D eigenvalue weighted by atomic mass is 19.3. The monoisotopic (exact) mass is 163 g/mol. The standard InChI is InChI=1S/C6H11F2N3/c7-5(8)4-1-2-11(3-4)6(9)10/h4-5H,1-3H2,(H3,9,10). The Bertz CT molecular complexity index is 160. The van der Waals surface area contributed by atoms with Gasteiger partial charge in [-0.2, -0.15) is 0 Å². The molecule has 0 bridgehead atoms. The summed E-state index contributed by atoms with van der Waals surface area (Å²) in [5, 5.41) is 6.98. The molecule has 64 valence electrons. The average Bonchev–Trinajstić information content (AvgIpc) is 2.33. The molecule has 1 aliphatic heterocycles. The number of halogens is 2. The molecule has 1 heterocycles. The summed E-state index contributed by atoms with van der Waals surface area (Å²) in [4.78, 5) is 1.47. The van der Waals surface area contributed by atoms with Crippen LogP contribution in [0, 0.1) is 11.3 Å². The van der Waals surface area contributed by atoms with Crippen molar-refractivity contribution in [3.8, 4) is 0 Å². The Morgan fingerprint density at radius 1 is 1.64 bits per heavy atom. The van der Waals surface area contributed by atoms with E-state index in [1.54, 1.807) is 0 Å². The van der Waals surface area contributed by atoms with Crippen LogP contribution in [0.3, 0.4) is 0 Å². The van der Waals surface area contributed by atoms with Crippen LogP contribution in [-0.4, -0.2) is 30.4 Å². The maximum Gasteiger partial charge on any atom is 0.243 e. The van der Waals surface area contributed by atoms with E-state index < -0.39 is 12.3 Å². The van der Waals surface area contributed by atoms with Gasteiger partial charge in [0.2, 0.25) is 6.43 Å². The second-order valence-corrected chi connectivity index (χ2v) is 2.71. The summed E-state index contributed by atoms with van der Waals surface area (Å²) in [7, 11) is 0. The van der Waals surface area contributed by atoms with Gasteiger partial charge in [0.15, 0.2) is 5.96 Å². The van der Waals surface area contributed by atoms with Gasteiger partial charge in [0.25, 0.3) is 0 Å². The lowest BCUT2D eigenvalue weighted by molar-refractivity contribution is 0.0840. The number of guanidine groups is 1. The first-order valence-corrected chi connectivity index (χ1v) is 3.48. The SMILES string of the molecule is N=C(N)N1CCC(C(F)F)C1. The number of nitrogens with one attached hydrogen (secondary N) is 1. The van der Waals surface area contributed by atoms with Gasteiger partial charge in [-0.25, -0.2) is 8.78 Å². The molecule has 0 aromatic carbocycles. The Morgan fingerprint density at radius 2 is 2.27 bits per heavy atom. The molecule has 0 aliphatic carbocycles. The third-order valence-corrected chi connectivity index (χ3v) is 1.92. The van der Waals surface area contributed by atoms with E-state index in [4.69, 9.17) is 11.1 Å². The molecular weight excluding hydrogens is 152 g/mol. The Labute approximate surface area is 63.7 Å². The molecular formula is C6H11F2N3. The zero-order chi connectivity index (χ0) is 8.43. The topological polar surface area (TPSA) is 53.1 Å². The van der Waals surface area contributed by atoms with Crippen LogP contribution in [0.5, 0.6) is 0 Å². The van der Waals surface area contributed by atoms with Crippen molar-refractivity contribution in [3.05, 3.63) is 0 Å². The maximum atomic E-state index is 12.0. The van der Waals surface area contributed by atoms with Crippen molar-refractivity contribution in [2.24, 2.45) is 11.7 Å². The van der Waals surface area contributed by atoms with E-state index in [1.807, 2.05) is 0 Å². The molecule has 1 saturated heterocycles. The first-order chi connectivity index (χ1) is 5.11. The van der Waals surface area contributed by atoms with Gasteiger partial charge in [-0.1, -0.05) is 0 Å². The minimum atomic E-state index is -2.28. The largest absolute Gasteiger partial charge is 0.370 e. The fraction of sp³-hybridized carbons (Fsp3) is 0.833. The van der Waals surface area contributed by atoms with Gasteiger partial charge in [-0.15, -0.1) is 0 Å². The summed E-state index contributed by atoms with van der Waals surface area (Å²) < 4.78 is 24.1. The van der Waals surface area contributed by atoms with Gasteiger partial charge in [-0.05, 0) is 6.42 Å². The van der Waals surface area contributed by atoms with Crippen molar-refractivity contribution in [2.45, 2.75) is 12.8 Å². The fourth-order valence-corrected chi connectivity index (χ4v) is 1.21. The molecule has 1 aliphatic rings. The predicted octanol–water partition coefficient (Wildman–Crippen LogP) is 0.467. The van der Waals surface area contributed by atoms with Crippen molar-refractivity contribution in [1.82, 2.24) is 4.90 Å². The number of hydrogen-bond acceptors (Lipinski definition) is 1. The van der Waals surface area contributed by atoms with Gasteiger partial charge in [-0.3, -0.25) is 5.41 Å². The Kier molecular flexibility index (Phi) is 2.26. The van der Waals surface area contributed by atoms with Crippen LogP contribution in [0.15, 0.2) is 0 Å². The molecule has 0 spiro atoms. The number of hydrogen-bond donors (Lipinski definition) is 2. The van der Waals surface area contributed by atoms with Crippen molar-refractivity contribution in [1.29, 1.82) is 5.41 Å². The molecule has 0 amide bonds. The molecule has 3 nitrogen and oxygen atoms in total. The van der Waals surface area contributed by atoms with Gasteiger partial charge in [0.05, 0.1) is 0 Å². The summed E-state index contributed by atoms with van der Waals surface area (Å²) in [6, 6.07) is 0. The van der Waals surface area contributed by atoms with E-state index in [0.29, 0.717) is 13.0 Å². The molecule has 0 aromatic heterocycles. The Hall–Kier alpha value is -0.870. The molecule has 5 heteroatoms. The van der Waals surface area contributed by atoms with Crippen molar-refractivity contribution < 1.29 is 8.78 Å². The molecule has 0 aromatic rings. The maximum absolute atomic E-state index is 12.0. The summed E-state index contributed by atoms with van der Waals surface area (Å²) in [5.74, 6) is -0.702. The molecule has 0 saturated carbocycles. The first kappa shape index (κ1) is 8.23. The van der Waals surface area contributed by atoms with Crippen LogP contribution < -0.4 is 5.73 Å². The second-order valence-electron chi connectivity index (χ2n) is 2.71. The Balaban J connectivity index is 2.41. The van der Waals surface area contributed by atoms with E-state index in [2.05, 4.69) is 0 Å². The minimum absolute atomic E-state index is 0.104. The number of nitrogens with two attached hydrogens (primary N) is 1. The van der Waals surface area contributed by atoms with E-state index in [1.165, 1.54) is 4.90 Å². The summed E-state index contributed by atoms with van der Waals surface area (Å²) >= 11 is 0. The van der Waals surface area contributed by atoms with Gasteiger partial charge < -0.3 is 10.6 Å². The summed E-state index contributed by atoms with van der Waals surface area (Å²) in [5.41, 5.74) is 5.12. The van der Waals surface area contributed by atoms with Crippen LogP contribution in [-0.2, 0) is 0 Å². The predicted molar refractivity (Wildman–Crippen MR) is 37.6 cm³/mol. The van der Waals surface area contributed by atoms with Crippen molar-refractivity contribution in [3.63, 3.8) is 0 Å². The highest BCUT2D eigenvalue weighted by molar-refractivity contribution is 5.74. The molecule has 1 rings (SSSR count). The molecule has 1 atom stereocenters. The summed E-state index contributed by atoms with van der Waals surface area (Å²) in [6.07, 6.45) is -1.84. The first-order valence-electron chi connectivity index (χ1n) is 3.48. The van der Waals surface area contributed by atoms with E-state index >= 15 is 0 Å². The highest BCUT2D eigenvalue weighted by Gasteiger charge is 2.29. The second kappa shape index (κ2) is 3.02. The highest BCUT2D eigenvalue weighted by Crippen LogP contribution is 2.21. The lowest BCUT2D eigenvalue weighted by Crippen LogP contribution is -2.34. The number of likely N-dealkylation sites (tertiary alicyclic amines) is 1. The van der Waals surface area contributed by atoms with E-state index in [0.717, 1.165) is 0 Å². The quantitative estimate of drug-likeness (QED) is 0.436. The molecule has 1 unspecified atom stereocenters. The lowest BCUT2D eigenvalue weighted by atomic mass is 10.1. The van der Waals surface area contributed by atoms with Gasteiger partial charge in [0.1, 0.15) is 0 Å². The minimum Gasteiger partial charge on any atom is -0.370 e. The van der Waals surface area contributed by atoms with Crippen LogP contribution in [0.2, 0.25) is 0 Å². The van der Waals surface area contributed by atoms with Crippen LogP contribution in [0.4, 0.5) is 8.78 Å². The molecule has 0 radical (unpaired) electrons. The van der Waals surface area contributed by atoms with Crippen molar-refractivity contribution >= 4 is 5.96 Å². The third kappa shape index (κ3) is 1.78. The molecule has 1 fully saturated rings. The Morgan fingerprint density at radius 3 is 2.55 bits per heavy atom. The lowest BCUT2D eigenvalue weighted by Gasteiger charge is -2.14. The van der Waals surface area contributed by atoms with Crippen LogP contribution >= 0.6 is 0 Å². The number of alkyl halides is 2. The van der Waals surface area contributed by atoms with Crippen LogP contribution in [0.1, 0.15) is 6.42 Å². The van der Waals surface area contributed by atoms with E-state index in [9.17, 15) is 8.78 Å². The van der Waals surface area contributed by atoms with Crippen molar-refractivity contribution in [2.75, 3.05) is 13.1 Å². The molecule has 3 N–H and O–H groups in total. The number of nitrogens with zero attached hydrogens (tertiary/aromatic N) is 1. The fourth-order valence-electron chi connectivity index (χ4n) is 1.21. The normalized spacial score (nSPS) is 24.6. The summed E-state index contributed by atoms with van der Waals surface area (Å²) in [6.45, 7) is 0.720. The smallest absolute Gasteiger partial charge is 0.243 e. The van der Waals surface area contributed by atoms with Gasteiger partial charge in [0, 0.05) is 19.0 Å². The molecule has 11 heavy (non-hydrogen) atoms.